The van der Waals surface area contributed by atoms with Crippen molar-refractivity contribution in [3.05, 3.63) is 132 Å². The van der Waals surface area contributed by atoms with Gasteiger partial charge in [-0.15, -0.1) is 0 Å². The number of aromatic hydroxyl groups is 1. The van der Waals surface area contributed by atoms with E-state index >= 15 is 9.59 Å². The quantitative estimate of drug-likeness (QED) is 0.0126. The SMILES string of the molecule is CC(=O)O.CC(C)C[C@H](NC(=O)[C@@H](Cc1cccc2ccccc12)NC(=O)[C@H](Cc1ccc(O)cc1)NC(=O)[C@H](CO)NC(=O)[C@H](Cc1c[nH]c2ccccc12)NC(=O)[C@H](Cc1cnc[nH]1)NC(=O)[C@@H]1CCC(=O)N1)C(=O)N[C@@H](CCCN=C(N)N)C(=O)N1CCC[C@H]1C(=O)NCC(N)=O. The van der Waals surface area contributed by atoms with Crippen LogP contribution in [0.5, 0.6) is 5.75 Å². The number of nitrogens with zero attached hydrogens (tertiary/aromatic N) is 3. The van der Waals surface area contributed by atoms with Crippen molar-refractivity contribution in [2.75, 3.05) is 26.2 Å². The first-order chi connectivity index (χ1) is 47.8. The third kappa shape index (κ3) is 22.6. The van der Waals surface area contributed by atoms with Crippen molar-refractivity contribution in [1.82, 2.24) is 67.7 Å². The van der Waals surface area contributed by atoms with Gasteiger partial charge in [-0.3, -0.25) is 62.5 Å². The number of nitrogens with one attached hydrogen (secondary N) is 11. The third-order valence-electron chi connectivity index (χ3n) is 16.6. The Balaban J connectivity index is 0.00000342. The zero-order valence-electron chi connectivity index (χ0n) is 55.6. The second kappa shape index (κ2) is 36.8. The molecule has 32 heteroatoms. The van der Waals surface area contributed by atoms with Crippen LogP contribution in [-0.4, -0.2) is 193 Å². The van der Waals surface area contributed by atoms with Crippen LogP contribution in [0.25, 0.3) is 21.7 Å². The molecule has 100 heavy (non-hydrogen) atoms. The maximum Gasteiger partial charge on any atom is 0.300 e. The average Bonchev–Trinajstić information content (AvgIpc) is 1.35. The van der Waals surface area contributed by atoms with Gasteiger partial charge in [0.25, 0.3) is 5.97 Å². The third-order valence-corrected chi connectivity index (χ3v) is 16.6. The number of guanidine groups is 1. The van der Waals surface area contributed by atoms with E-state index in [1.54, 1.807) is 62.5 Å². The van der Waals surface area contributed by atoms with Crippen LogP contribution in [0.15, 0.2) is 115 Å². The number of hydrogen-bond donors (Lipinski definition) is 17. The molecule has 0 spiro atoms. The number of carbonyl (C=O) groups is 12. The van der Waals surface area contributed by atoms with Crippen molar-refractivity contribution in [3.8, 4) is 5.75 Å². The summed E-state index contributed by atoms with van der Waals surface area (Å²) in [6, 6.07) is 13.3. The second-order valence-corrected chi connectivity index (χ2v) is 24.8. The van der Waals surface area contributed by atoms with Crippen LogP contribution in [-0.2, 0) is 83.2 Å². The number of aliphatic hydroxyl groups excluding tert-OH is 1. The van der Waals surface area contributed by atoms with Gasteiger partial charge in [0.05, 0.1) is 19.5 Å². The number of aliphatic imine (C=N–C) groups is 1. The predicted molar refractivity (Wildman–Crippen MR) is 365 cm³/mol. The van der Waals surface area contributed by atoms with Gasteiger partial charge in [-0.25, -0.2) is 4.98 Å². The number of para-hydroxylation sites is 1. The first-order valence-electron chi connectivity index (χ1n) is 32.7. The molecule has 2 aromatic heterocycles. The fraction of sp³-hybridized carbons (Fsp3) is 0.412. The number of aliphatic hydroxyl groups is 1. The van der Waals surface area contributed by atoms with Crippen molar-refractivity contribution in [3.63, 3.8) is 0 Å². The molecule has 20 N–H and O–H groups in total. The number of rotatable bonds is 33. The van der Waals surface area contributed by atoms with E-state index < -0.39 is 133 Å². The molecule has 2 aliphatic heterocycles. The number of aliphatic carboxylic acids is 1. The number of carboxylic acids is 1. The molecule has 0 radical (unpaired) electrons. The van der Waals surface area contributed by atoms with Crippen molar-refractivity contribution in [1.29, 1.82) is 0 Å². The minimum atomic E-state index is -1.80. The lowest BCUT2D eigenvalue weighted by Crippen LogP contribution is -2.61. The molecule has 8 rings (SSSR count). The van der Waals surface area contributed by atoms with Gasteiger partial charge in [0.15, 0.2) is 5.96 Å². The number of phenols is 1. The summed E-state index contributed by atoms with van der Waals surface area (Å²) < 4.78 is 0. The monoisotopic (exact) mass is 1380 g/mol. The molecule has 2 aliphatic rings. The number of nitrogens with two attached hydrogens (primary N) is 3. The molecule has 4 aromatic carbocycles. The number of benzene rings is 4. The maximum atomic E-state index is 15.2. The molecule has 2 saturated heterocycles. The fourth-order valence-electron chi connectivity index (χ4n) is 11.7. The zero-order valence-corrected chi connectivity index (χ0v) is 55.6. The lowest BCUT2D eigenvalue weighted by atomic mass is 9.96. The number of imidazole rings is 1. The average molecular weight is 1380 g/mol. The Labute approximate surface area is 575 Å². The molecule has 2 fully saturated rings. The van der Waals surface area contributed by atoms with Crippen LogP contribution in [0.2, 0.25) is 0 Å². The normalized spacial score (nSPS) is 16.1. The molecule has 0 aliphatic carbocycles. The zero-order chi connectivity index (χ0) is 72.6. The van der Waals surface area contributed by atoms with E-state index in [2.05, 4.69) is 67.8 Å². The molecule has 0 unspecified atom stereocenters. The van der Waals surface area contributed by atoms with E-state index in [0.29, 0.717) is 39.7 Å². The van der Waals surface area contributed by atoms with Crippen LogP contribution < -0.4 is 65.1 Å². The summed E-state index contributed by atoms with van der Waals surface area (Å²) in [4.78, 5) is 178. The standard InChI is InChI=1S/C66H83N17O13.C2H4O2/c1-36(2)26-48(58(89)76-47(16-8-24-71-66(68)69)65(96)83-25-9-17-54(83)64(95)73-33-55(67)86)77-60(91)50(28-39-12-7-11-38-10-3-4-13-43(38)39)79-59(90)49(27-37-18-20-42(85)21-19-37)78-63(94)53(34-84)82-61(92)51(29-40-31-72-45-15-6-5-14-44(40)45)80-62(93)52(30-41-32-70-35-74-41)81-57(88)46-22-23-56(87)75-46;1-2(3)4/h3-7,10-15,18-21,31-32,35-36,46-54,72,84-85H,8-9,16-17,22-30,33-34H2,1-2H3,(H2,67,86)(H,70,74)(H,73,95)(H,75,87)(H,76,89)(H,77,91)(H,78,94)(H,79,90)(H,80,93)(H,81,88)(H,82,92)(H4,68,69,71);1H3,(H,3,4)/t46-,47-,48-,49-,50+,51-,52-,53-,54-;/m0./s1. The molecule has 534 valence electrons. The number of carbonyl (C=O) groups excluding carboxylic acids is 11. The van der Waals surface area contributed by atoms with Crippen LogP contribution >= 0.6 is 0 Å². The highest BCUT2D eigenvalue weighted by Gasteiger charge is 2.40. The van der Waals surface area contributed by atoms with Crippen LogP contribution in [0.1, 0.15) is 88.1 Å². The number of aromatic amines is 2. The van der Waals surface area contributed by atoms with E-state index in [1.165, 1.54) is 41.7 Å². The Morgan fingerprint density at radius 2 is 1.22 bits per heavy atom. The van der Waals surface area contributed by atoms with Gasteiger partial charge < -0.3 is 95.2 Å². The van der Waals surface area contributed by atoms with Gasteiger partial charge in [0, 0.05) is 81.1 Å². The number of aromatic nitrogens is 3. The van der Waals surface area contributed by atoms with E-state index in [0.717, 1.165) is 17.7 Å². The van der Waals surface area contributed by atoms with E-state index in [-0.39, 0.29) is 101 Å². The summed E-state index contributed by atoms with van der Waals surface area (Å²) in [6.07, 6.45) is 4.88. The molecular weight excluding hydrogens is 1290 g/mol. The van der Waals surface area contributed by atoms with Gasteiger partial charge in [-0.05, 0) is 90.1 Å². The predicted octanol–water partition coefficient (Wildman–Crippen LogP) is -1.53. The highest BCUT2D eigenvalue weighted by atomic mass is 16.4. The van der Waals surface area contributed by atoms with E-state index in [1.807, 2.05) is 24.3 Å². The lowest BCUT2D eigenvalue weighted by Gasteiger charge is -2.30. The summed E-state index contributed by atoms with van der Waals surface area (Å²) in [5, 5.41) is 54.9. The van der Waals surface area contributed by atoms with Gasteiger partial charge in [-0.1, -0.05) is 86.6 Å². The molecule has 11 amide bonds. The summed E-state index contributed by atoms with van der Waals surface area (Å²) in [6.45, 7) is 3.42. The number of hydrogen-bond acceptors (Lipinski definition) is 16. The Kier molecular flexibility index (Phi) is 27.9. The molecule has 6 aromatic rings. The number of phenolic OH excluding ortho intramolecular Hbond substituents is 1. The Morgan fingerprint density at radius 3 is 1.83 bits per heavy atom. The fourth-order valence-corrected chi connectivity index (χ4v) is 11.7. The van der Waals surface area contributed by atoms with Gasteiger partial charge in [0.2, 0.25) is 65.0 Å². The highest BCUT2D eigenvalue weighted by Crippen LogP contribution is 2.24. The molecule has 9 atom stereocenters. The van der Waals surface area contributed by atoms with Crippen LogP contribution in [0.4, 0.5) is 0 Å². The van der Waals surface area contributed by atoms with Crippen molar-refractivity contribution < 1.29 is 72.9 Å². The largest absolute Gasteiger partial charge is 0.508 e. The van der Waals surface area contributed by atoms with Gasteiger partial charge in [0.1, 0.15) is 60.1 Å². The molecule has 0 bridgehead atoms. The molecular formula is C68H87N17O15. The minimum Gasteiger partial charge on any atom is -0.508 e. The van der Waals surface area contributed by atoms with E-state index in [4.69, 9.17) is 27.1 Å². The van der Waals surface area contributed by atoms with Crippen LogP contribution in [0, 0.1) is 5.92 Å². The highest BCUT2D eigenvalue weighted by molar-refractivity contribution is 6.00. The Bertz CT molecular complexity index is 3900. The van der Waals surface area contributed by atoms with Crippen molar-refractivity contribution in [2.24, 2.45) is 28.1 Å². The summed E-state index contributed by atoms with van der Waals surface area (Å²) in [5.74, 6) is -9.85. The summed E-state index contributed by atoms with van der Waals surface area (Å²) >= 11 is 0. The number of primary amides is 1. The minimum absolute atomic E-state index is 0.00853. The van der Waals surface area contributed by atoms with E-state index in [9.17, 15) is 53.4 Å². The smallest absolute Gasteiger partial charge is 0.300 e. The number of carboxylic acid groups (broad SMARTS) is 1. The molecule has 0 saturated carbocycles. The molecule has 4 heterocycles. The molecule has 32 nitrogen and oxygen atoms in total. The first kappa shape index (κ1) is 75.9. The Hall–Kier alpha value is -11.4. The van der Waals surface area contributed by atoms with Crippen molar-refractivity contribution >= 4 is 98.6 Å². The number of fused-ring (bicyclic) bond motifs is 2. The topological polar surface area (TPSA) is 512 Å². The summed E-state index contributed by atoms with van der Waals surface area (Å²) in [5.41, 5.74) is 19.2. The van der Waals surface area contributed by atoms with Gasteiger partial charge in [-0.2, -0.15) is 0 Å². The maximum absolute atomic E-state index is 15.2. The number of H-pyrrole nitrogens is 2. The lowest BCUT2D eigenvalue weighted by molar-refractivity contribution is -0.142. The van der Waals surface area contributed by atoms with Gasteiger partial charge >= 0.3 is 0 Å². The van der Waals surface area contributed by atoms with Crippen molar-refractivity contribution in [2.45, 2.75) is 146 Å². The Morgan fingerprint density at radius 1 is 0.650 bits per heavy atom. The number of amides is 11. The first-order valence-corrected chi connectivity index (χ1v) is 32.7. The second-order valence-electron chi connectivity index (χ2n) is 24.8. The van der Waals surface area contributed by atoms with Crippen LogP contribution in [0.3, 0.4) is 0 Å². The summed E-state index contributed by atoms with van der Waals surface area (Å²) in [7, 11) is 0. The number of likely N-dealkylation sites (tertiary alicyclic amines) is 1.